The van der Waals surface area contributed by atoms with E-state index in [4.69, 9.17) is 21.4 Å². The number of anilines is 1. The number of ketones is 1. The van der Waals surface area contributed by atoms with Crippen molar-refractivity contribution in [2.75, 3.05) is 19.0 Å². The van der Waals surface area contributed by atoms with E-state index >= 15 is 0 Å². The number of carboxylic acid groups (broad SMARTS) is 1. The van der Waals surface area contributed by atoms with Gasteiger partial charge in [0.25, 0.3) is 0 Å². The molecule has 37 heavy (non-hydrogen) atoms. The quantitative estimate of drug-likeness (QED) is 0.263. The molecule has 2 aliphatic carbocycles. The maximum absolute atomic E-state index is 13.2. The van der Waals surface area contributed by atoms with Crippen molar-refractivity contribution in [1.29, 1.82) is 0 Å². The number of methoxy groups -OCH3 is 1. The van der Waals surface area contributed by atoms with Crippen molar-refractivity contribution >= 4 is 40.1 Å². The summed E-state index contributed by atoms with van der Waals surface area (Å²) in [5.41, 5.74) is 3.82. The maximum atomic E-state index is 13.2. The van der Waals surface area contributed by atoms with Crippen LogP contribution in [0.4, 0.5) is 10.5 Å². The molecule has 194 valence electrons. The molecule has 0 bridgehead atoms. The smallest absolute Gasteiger partial charge is 0.404 e. The highest BCUT2D eigenvalue weighted by Gasteiger charge is 2.33. The predicted octanol–water partition coefficient (Wildman–Crippen LogP) is 6.10. The fourth-order valence-corrected chi connectivity index (χ4v) is 5.33. The average molecular weight is 524 g/mol. The molecule has 0 unspecified atom stereocenters. The molecule has 8 nitrogen and oxygen atoms in total. The predicted molar refractivity (Wildman–Crippen MR) is 143 cm³/mol. The largest absolute Gasteiger partial charge is 0.503 e. The van der Waals surface area contributed by atoms with Crippen molar-refractivity contribution in [2.45, 2.75) is 44.6 Å². The first-order valence-corrected chi connectivity index (χ1v) is 13.0. The van der Waals surface area contributed by atoms with Crippen LogP contribution in [0.15, 0.2) is 36.5 Å². The molecule has 0 spiro atoms. The van der Waals surface area contributed by atoms with Crippen molar-refractivity contribution in [3.8, 4) is 22.6 Å². The molecule has 0 radical (unpaired) electrons. The van der Waals surface area contributed by atoms with Crippen LogP contribution in [0.25, 0.3) is 22.0 Å². The van der Waals surface area contributed by atoms with Crippen LogP contribution in [0, 0.1) is 11.8 Å². The number of phenolic OH excluding ortho intramolecular Hbond substituents is 1. The molecule has 0 saturated heterocycles. The highest BCUT2D eigenvalue weighted by atomic mass is 35.5. The van der Waals surface area contributed by atoms with Crippen LogP contribution in [0.3, 0.4) is 0 Å². The van der Waals surface area contributed by atoms with Gasteiger partial charge in [-0.15, -0.1) is 0 Å². The Morgan fingerprint density at radius 1 is 1.08 bits per heavy atom. The van der Waals surface area contributed by atoms with Crippen molar-refractivity contribution in [3.63, 3.8) is 0 Å². The first kappa shape index (κ1) is 25.1. The third-order valence-electron chi connectivity index (χ3n) is 7.40. The number of fused-ring (bicyclic) bond motifs is 1. The Morgan fingerprint density at radius 2 is 1.84 bits per heavy atom. The summed E-state index contributed by atoms with van der Waals surface area (Å²) in [4.78, 5) is 28.7. The lowest BCUT2D eigenvalue weighted by Crippen LogP contribution is -2.33. The highest BCUT2D eigenvalue weighted by Crippen LogP contribution is 2.41. The summed E-state index contributed by atoms with van der Waals surface area (Å²) < 4.78 is 5.28. The number of aromatic nitrogens is 1. The Bertz CT molecular complexity index is 1350. The molecular formula is C28H30ClN3O5. The number of carbonyl (C=O) groups excluding carboxylic acids is 1. The fourth-order valence-electron chi connectivity index (χ4n) is 5.12. The van der Waals surface area contributed by atoms with Gasteiger partial charge < -0.3 is 25.6 Å². The topological polar surface area (TPSA) is 121 Å². The van der Waals surface area contributed by atoms with E-state index in [9.17, 15) is 14.7 Å². The summed E-state index contributed by atoms with van der Waals surface area (Å²) in [6, 6.07) is 9.44. The van der Waals surface area contributed by atoms with Crippen molar-refractivity contribution < 1.29 is 24.5 Å². The van der Waals surface area contributed by atoms with Gasteiger partial charge in [-0.3, -0.25) is 9.78 Å². The number of halogens is 1. The number of aromatic hydroxyl groups is 1. The van der Waals surface area contributed by atoms with Crippen LogP contribution >= 0.6 is 11.6 Å². The SMILES string of the molecule is COc1cc(-c2ccc3ncc(C(=O)C4CC4)c(N[C@H]4CC[C@H](CNC(=O)O)CC4)c3c2)cc(Cl)c1O. The minimum absolute atomic E-state index is 0.0565. The first-order chi connectivity index (χ1) is 17.8. The molecule has 2 fully saturated rings. The van der Waals surface area contributed by atoms with Gasteiger partial charge in [-0.1, -0.05) is 17.7 Å². The second kappa shape index (κ2) is 10.5. The zero-order valence-electron chi connectivity index (χ0n) is 20.6. The standard InChI is InChI=1S/C28H30ClN3O5/c1-37-24-12-18(11-22(29)27(24)34)17-6-9-23-20(10-17)25(21(14-30-23)26(33)16-4-5-16)32-19-7-2-15(3-8-19)13-31-28(35)36/h6,9-12,14-16,19,31,34H,2-5,7-8,13H2,1H3,(H,30,32)(H,35,36)/t15-,19-. The van der Waals surface area contributed by atoms with E-state index in [-0.39, 0.29) is 34.3 Å². The van der Waals surface area contributed by atoms with Gasteiger partial charge in [0.2, 0.25) is 0 Å². The second-order valence-corrected chi connectivity index (χ2v) is 10.4. The number of rotatable bonds is 8. The molecule has 0 aliphatic heterocycles. The number of hydrogen-bond acceptors (Lipinski definition) is 6. The van der Waals surface area contributed by atoms with Crippen LogP contribution in [-0.4, -0.2) is 46.8 Å². The minimum atomic E-state index is -0.991. The number of amides is 1. The Labute approximate surface area is 220 Å². The van der Waals surface area contributed by atoms with E-state index in [2.05, 4.69) is 15.6 Å². The van der Waals surface area contributed by atoms with Gasteiger partial charge in [-0.2, -0.15) is 0 Å². The number of nitrogens with zero attached hydrogens (tertiary/aromatic N) is 1. The summed E-state index contributed by atoms with van der Waals surface area (Å²) in [5, 5.41) is 26.3. The van der Waals surface area contributed by atoms with E-state index < -0.39 is 6.09 Å². The lowest BCUT2D eigenvalue weighted by Gasteiger charge is -2.30. The highest BCUT2D eigenvalue weighted by molar-refractivity contribution is 6.32. The minimum Gasteiger partial charge on any atom is -0.503 e. The monoisotopic (exact) mass is 523 g/mol. The van der Waals surface area contributed by atoms with Crippen LogP contribution < -0.4 is 15.4 Å². The molecule has 5 rings (SSSR count). The molecule has 2 aliphatic rings. The zero-order valence-corrected chi connectivity index (χ0v) is 21.3. The summed E-state index contributed by atoms with van der Waals surface area (Å²) in [7, 11) is 1.48. The van der Waals surface area contributed by atoms with Crippen LogP contribution in [-0.2, 0) is 0 Å². The number of Topliss-reactive ketones (excluding diaryl/α,β-unsaturated/α-hetero) is 1. The first-order valence-electron chi connectivity index (χ1n) is 12.6. The number of ether oxygens (including phenoxy) is 1. The van der Waals surface area contributed by atoms with E-state index in [1.807, 2.05) is 18.2 Å². The third kappa shape index (κ3) is 5.44. The Balaban J connectivity index is 1.49. The number of carbonyl (C=O) groups is 2. The van der Waals surface area contributed by atoms with Gasteiger partial charge in [0, 0.05) is 30.1 Å². The molecule has 4 N–H and O–H groups in total. The molecule has 2 aromatic carbocycles. The number of pyridine rings is 1. The normalized spacial score (nSPS) is 19.4. The van der Waals surface area contributed by atoms with Crippen LogP contribution in [0.1, 0.15) is 48.9 Å². The van der Waals surface area contributed by atoms with Gasteiger partial charge in [0.05, 0.1) is 28.9 Å². The molecule has 2 saturated carbocycles. The molecular weight excluding hydrogens is 494 g/mol. The molecule has 3 aromatic rings. The Morgan fingerprint density at radius 3 is 2.51 bits per heavy atom. The zero-order chi connectivity index (χ0) is 26.1. The lowest BCUT2D eigenvalue weighted by molar-refractivity contribution is 0.0968. The van der Waals surface area contributed by atoms with Gasteiger partial charge >= 0.3 is 6.09 Å². The fraction of sp³-hybridized carbons (Fsp3) is 0.393. The summed E-state index contributed by atoms with van der Waals surface area (Å²) >= 11 is 6.25. The van der Waals surface area contributed by atoms with Crippen molar-refractivity contribution in [3.05, 3.63) is 47.1 Å². The second-order valence-electron chi connectivity index (χ2n) is 9.97. The van der Waals surface area contributed by atoms with Gasteiger partial charge in [0.1, 0.15) is 0 Å². The lowest BCUT2D eigenvalue weighted by atomic mass is 9.85. The Hall–Kier alpha value is -3.52. The molecule has 9 heteroatoms. The average Bonchev–Trinajstić information content (AvgIpc) is 3.75. The molecule has 0 atom stereocenters. The van der Waals surface area contributed by atoms with E-state index in [1.54, 1.807) is 18.3 Å². The van der Waals surface area contributed by atoms with Crippen LogP contribution in [0.2, 0.25) is 5.02 Å². The van der Waals surface area contributed by atoms with Crippen LogP contribution in [0.5, 0.6) is 11.5 Å². The number of hydrogen-bond donors (Lipinski definition) is 4. The summed E-state index contributed by atoms with van der Waals surface area (Å²) in [5.74, 6) is 0.670. The van der Waals surface area contributed by atoms with E-state index in [0.717, 1.165) is 66.2 Å². The number of nitrogens with one attached hydrogen (secondary N) is 2. The Kier molecular flexibility index (Phi) is 7.11. The number of benzene rings is 2. The van der Waals surface area contributed by atoms with Crippen molar-refractivity contribution in [2.24, 2.45) is 11.8 Å². The number of phenols is 1. The van der Waals surface area contributed by atoms with Gasteiger partial charge in [0.15, 0.2) is 17.3 Å². The molecule has 1 amide bonds. The maximum Gasteiger partial charge on any atom is 0.404 e. The van der Waals surface area contributed by atoms with Gasteiger partial charge in [-0.05, 0) is 79.8 Å². The van der Waals surface area contributed by atoms with E-state index in [0.29, 0.717) is 18.0 Å². The van der Waals surface area contributed by atoms with E-state index in [1.165, 1.54) is 7.11 Å². The summed E-state index contributed by atoms with van der Waals surface area (Å²) in [6.07, 6.45) is 6.10. The van der Waals surface area contributed by atoms with Gasteiger partial charge in [-0.25, -0.2) is 4.79 Å². The molecule has 1 aromatic heterocycles. The summed E-state index contributed by atoms with van der Waals surface area (Å²) in [6.45, 7) is 0.466. The third-order valence-corrected chi connectivity index (χ3v) is 7.69. The van der Waals surface area contributed by atoms with Crippen molar-refractivity contribution in [1.82, 2.24) is 10.3 Å². The molecule has 1 heterocycles.